The van der Waals surface area contributed by atoms with Crippen LogP contribution in [0.3, 0.4) is 0 Å². The lowest BCUT2D eigenvalue weighted by atomic mass is 10.2. The number of non-ortho nitro benzene ring substituents is 1. The lowest BCUT2D eigenvalue weighted by Gasteiger charge is -2.08. The minimum Gasteiger partial charge on any atom is -0.456 e. The van der Waals surface area contributed by atoms with Gasteiger partial charge in [0.25, 0.3) is 11.6 Å². The topological polar surface area (TPSA) is 128 Å². The molecular weight excluding hydrogens is 425 g/mol. The van der Waals surface area contributed by atoms with Crippen LogP contribution in [0.15, 0.2) is 42.5 Å². The van der Waals surface area contributed by atoms with E-state index in [9.17, 15) is 24.5 Å². The predicted molar refractivity (Wildman–Crippen MR) is 107 cm³/mol. The van der Waals surface area contributed by atoms with Gasteiger partial charge in [-0.25, -0.2) is 0 Å². The van der Waals surface area contributed by atoms with E-state index in [4.69, 9.17) is 27.9 Å². The fourth-order valence-electron chi connectivity index (χ4n) is 2.13. The van der Waals surface area contributed by atoms with E-state index >= 15 is 0 Å². The Hall–Kier alpha value is -3.17. The Balaban J connectivity index is 1.74. The number of hydrogen-bond donors (Lipinski definition) is 2. The van der Waals surface area contributed by atoms with E-state index in [0.29, 0.717) is 5.02 Å². The van der Waals surface area contributed by atoms with Gasteiger partial charge in [0.2, 0.25) is 5.91 Å². The van der Waals surface area contributed by atoms with Gasteiger partial charge in [-0.1, -0.05) is 29.3 Å². The second-order valence-corrected chi connectivity index (χ2v) is 6.53. The van der Waals surface area contributed by atoms with Crippen molar-refractivity contribution in [2.75, 3.05) is 17.2 Å². The number of benzene rings is 2. The van der Waals surface area contributed by atoms with Gasteiger partial charge < -0.3 is 15.4 Å². The SMILES string of the molecule is O=C(CCC(=O)OCC(=O)Nc1cc(Cl)ccc1Cl)Nc1cccc([N+](=O)[O-])c1. The molecule has 29 heavy (non-hydrogen) atoms. The van der Waals surface area contributed by atoms with Crippen LogP contribution >= 0.6 is 23.2 Å². The normalized spacial score (nSPS) is 10.1. The van der Waals surface area contributed by atoms with Crippen LogP contribution in [0.1, 0.15) is 12.8 Å². The van der Waals surface area contributed by atoms with E-state index in [2.05, 4.69) is 10.6 Å². The van der Waals surface area contributed by atoms with E-state index in [0.717, 1.165) is 0 Å². The largest absolute Gasteiger partial charge is 0.456 e. The molecule has 2 amide bonds. The quantitative estimate of drug-likeness (QED) is 0.365. The summed E-state index contributed by atoms with van der Waals surface area (Å²) in [5, 5.41) is 16.3. The van der Waals surface area contributed by atoms with Crippen molar-refractivity contribution in [1.82, 2.24) is 0 Å². The summed E-state index contributed by atoms with van der Waals surface area (Å²) in [4.78, 5) is 45.5. The van der Waals surface area contributed by atoms with E-state index in [1.165, 1.54) is 36.4 Å². The number of amides is 2. The van der Waals surface area contributed by atoms with Crippen LogP contribution in [0.4, 0.5) is 17.1 Å². The molecule has 0 aromatic heterocycles. The van der Waals surface area contributed by atoms with Crippen molar-refractivity contribution < 1.29 is 24.0 Å². The Morgan fingerprint density at radius 2 is 1.76 bits per heavy atom. The summed E-state index contributed by atoms with van der Waals surface area (Å²) in [6.45, 7) is -0.561. The van der Waals surface area contributed by atoms with Crippen molar-refractivity contribution >= 4 is 58.0 Å². The number of esters is 1. The molecule has 11 heteroatoms. The molecule has 0 fully saturated rings. The third-order valence-corrected chi connectivity index (χ3v) is 4.03. The zero-order valence-corrected chi connectivity index (χ0v) is 16.3. The number of nitro benzene ring substituents is 1. The summed E-state index contributed by atoms with van der Waals surface area (Å²) >= 11 is 11.7. The molecule has 2 aromatic carbocycles. The van der Waals surface area contributed by atoms with E-state index in [1.807, 2.05) is 0 Å². The third-order valence-electron chi connectivity index (χ3n) is 3.46. The van der Waals surface area contributed by atoms with Crippen LogP contribution in [0.5, 0.6) is 0 Å². The molecule has 9 nitrogen and oxygen atoms in total. The maximum atomic E-state index is 11.9. The first-order valence-electron chi connectivity index (χ1n) is 8.19. The third kappa shape index (κ3) is 7.40. The van der Waals surface area contributed by atoms with Crippen molar-refractivity contribution in [3.8, 4) is 0 Å². The molecule has 2 N–H and O–H groups in total. The van der Waals surface area contributed by atoms with Gasteiger partial charge in [-0.3, -0.25) is 24.5 Å². The summed E-state index contributed by atoms with van der Waals surface area (Å²) in [5.74, 6) is -1.91. The molecule has 0 atom stereocenters. The van der Waals surface area contributed by atoms with Crippen LogP contribution in [0.25, 0.3) is 0 Å². The first kappa shape index (κ1) is 22.1. The number of nitrogens with zero attached hydrogens (tertiary/aromatic N) is 1. The van der Waals surface area contributed by atoms with Crippen molar-refractivity contribution in [3.05, 3.63) is 62.6 Å². The van der Waals surface area contributed by atoms with Gasteiger partial charge in [-0.05, 0) is 24.3 Å². The number of nitrogens with one attached hydrogen (secondary N) is 2. The molecule has 2 rings (SSSR count). The number of ether oxygens (including phenoxy) is 1. The van der Waals surface area contributed by atoms with Crippen LogP contribution < -0.4 is 10.6 Å². The highest BCUT2D eigenvalue weighted by molar-refractivity contribution is 6.35. The van der Waals surface area contributed by atoms with E-state index in [1.54, 1.807) is 6.07 Å². The maximum Gasteiger partial charge on any atom is 0.306 e. The summed E-state index contributed by atoms with van der Waals surface area (Å²) in [6.07, 6.45) is -0.491. The fourth-order valence-corrected chi connectivity index (χ4v) is 2.47. The molecule has 0 unspecified atom stereocenters. The highest BCUT2D eigenvalue weighted by Crippen LogP contribution is 2.25. The zero-order valence-electron chi connectivity index (χ0n) is 14.8. The fraction of sp³-hybridized carbons (Fsp3) is 0.167. The number of carbonyl (C=O) groups is 3. The van der Waals surface area contributed by atoms with Crippen LogP contribution in [-0.4, -0.2) is 29.3 Å². The van der Waals surface area contributed by atoms with E-state index in [-0.39, 0.29) is 34.9 Å². The Kier molecular flexibility index (Phi) is 7.93. The van der Waals surface area contributed by atoms with Crippen molar-refractivity contribution in [2.24, 2.45) is 0 Å². The number of rotatable bonds is 8. The molecule has 0 saturated heterocycles. The van der Waals surface area contributed by atoms with Crippen molar-refractivity contribution in [3.63, 3.8) is 0 Å². The number of halogens is 2. The number of anilines is 2. The average molecular weight is 440 g/mol. The minimum atomic E-state index is -0.758. The molecule has 0 saturated carbocycles. The zero-order chi connectivity index (χ0) is 21.4. The van der Waals surface area contributed by atoms with Gasteiger partial charge >= 0.3 is 5.97 Å². The summed E-state index contributed by atoms with van der Waals surface area (Å²) in [5.41, 5.74) is 0.333. The number of carbonyl (C=O) groups excluding carboxylic acids is 3. The molecular formula is C18H15Cl2N3O6. The molecule has 0 spiro atoms. The minimum absolute atomic E-state index is 0.173. The first-order chi connectivity index (χ1) is 13.7. The predicted octanol–water partition coefficient (Wildman–Crippen LogP) is 3.80. The van der Waals surface area contributed by atoms with E-state index < -0.39 is 29.3 Å². The highest BCUT2D eigenvalue weighted by atomic mass is 35.5. The lowest BCUT2D eigenvalue weighted by molar-refractivity contribution is -0.384. The van der Waals surface area contributed by atoms with Gasteiger partial charge in [0.1, 0.15) is 0 Å². The van der Waals surface area contributed by atoms with Gasteiger partial charge in [0.05, 0.1) is 22.1 Å². The Morgan fingerprint density at radius 3 is 2.48 bits per heavy atom. The molecule has 0 radical (unpaired) electrons. The molecule has 0 heterocycles. The van der Waals surface area contributed by atoms with Crippen molar-refractivity contribution in [1.29, 1.82) is 0 Å². The standard InChI is InChI=1S/C18H15Cl2N3O6/c19-11-4-5-14(20)15(8-11)22-17(25)10-29-18(26)7-6-16(24)21-12-2-1-3-13(9-12)23(27)28/h1-5,8-9H,6-7,10H2,(H,21,24)(H,22,25). The summed E-state index contributed by atoms with van der Waals surface area (Å²) in [6, 6.07) is 9.89. The monoisotopic (exact) mass is 439 g/mol. The van der Waals surface area contributed by atoms with Crippen LogP contribution in [-0.2, 0) is 19.1 Å². The Bertz CT molecular complexity index is 951. The summed E-state index contributed by atoms with van der Waals surface area (Å²) < 4.78 is 4.80. The van der Waals surface area contributed by atoms with Crippen LogP contribution in [0.2, 0.25) is 10.0 Å². The Morgan fingerprint density at radius 1 is 1.00 bits per heavy atom. The molecule has 152 valence electrons. The van der Waals surface area contributed by atoms with Gasteiger partial charge in [0, 0.05) is 29.3 Å². The lowest BCUT2D eigenvalue weighted by Crippen LogP contribution is -2.22. The summed E-state index contributed by atoms with van der Waals surface area (Å²) in [7, 11) is 0. The average Bonchev–Trinajstić information content (AvgIpc) is 2.67. The smallest absolute Gasteiger partial charge is 0.306 e. The molecule has 0 bridgehead atoms. The number of nitro groups is 1. The molecule has 0 aliphatic heterocycles. The first-order valence-corrected chi connectivity index (χ1v) is 8.95. The van der Waals surface area contributed by atoms with Gasteiger partial charge in [-0.15, -0.1) is 0 Å². The second-order valence-electron chi connectivity index (χ2n) is 5.69. The molecule has 0 aliphatic carbocycles. The molecule has 2 aromatic rings. The number of hydrogen-bond acceptors (Lipinski definition) is 6. The van der Waals surface area contributed by atoms with Gasteiger partial charge in [-0.2, -0.15) is 0 Å². The Labute approximate surface area is 175 Å². The highest BCUT2D eigenvalue weighted by Gasteiger charge is 2.13. The van der Waals surface area contributed by atoms with Crippen LogP contribution in [0, 0.1) is 10.1 Å². The van der Waals surface area contributed by atoms with Crippen molar-refractivity contribution in [2.45, 2.75) is 12.8 Å². The molecule has 0 aliphatic rings. The van der Waals surface area contributed by atoms with Gasteiger partial charge in [0.15, 0.2) is 6.61 Å². The second kappa shape index (κ2) is 10.4. The maximum absolute atomic E-state index is 11.9.